The summed E-state index contributed by atoms with van der Waals surface area (Å²) >= 11 is 0. The number of rotatable bonds is 0. The Hall–Kier alpha value is -0.440. The second kappa shape index (κ2) is 2.66. The summed E-state index contributed by atoms with van der Waals surface area (Å²) in [6, 6.07) is 0. The van der Waals surface area contributed by atoms with Gasteiger partial charge in [-0.15, -0.1) is 5.92 Å². The Morgan fingerprint density at radius 2 is 2.00 bits per heavy atom. The van der Waals surface area contributed by atoms with Crippen LogP contribution < -0.4 is 0 Å². The number of hydrogen-bond donors (Lipinski definition) is 0. The fraction of sp³-hybridized carbons (Fsp3) is 0.800. The average Bonchev–Trinajstić information content (AvgIpc) is 1.88. The summed E-state index contributed by atoms with van der Waals surface area (Å²) in [6.45, 7) is 6.83. The molecule has 0 aromatic rings. The van der Waals surface area contributed by atoms with Crippen LogP contribution in [-0.4, -0.2) is 0 Å². The van der Waals surface area contributed by atoms with E-state index in [-0.39, 0.29) is 0 Å². The maximum absolute atomic E-state index is 3.31. The average molecular weight is 136 g/mol. The van der Waals surface area contributed by atoms with Crippen LogP contribution in [0.5, 0.6) is 0 Å². The minimum absolute atomic E-state index is 0.396. The van der Waals surface area contributed by atoms with Crippen LogP contribution in [0, 0.1) is 23.2 Å². The van der Waals surface area contributed by atoms with Gasteiger partial charge >= 0.3 is 0 Å². The molecule has 0 aromatic carbocycles. The molecule has 0 saturated carbocycles. The van der Waals surface area contributed by atoms with E-state index in [1.165, 1.54) is 12.8 Å². The van der Waals surface area contributed by atoms with Gasteiger partial charge < -0.3 is 0 Å². The van der Waals surface area contributed by atoms with Gasteiger partial charge in [0.15, 0.2) is 0 Å². The smallest absolute Gasteiger partial charge is 0.0251 e. The zero-order valence-corrected chi connectivity index (χ0v) is 7.20. The van der Waals surface area contributed by atoms with Crippen molar-refractivity contribution in [1.82, 2.24) is 0 Å². The molecule has 1 unspecified atom stereocenters. The fourth-order valence-corrected chi connectivity index (χ4v) is 1.31. The summed E-state index contributed by atoms with van der Waals surface area (Å²) in [5.41, 5.74) is 0.396. The van der Waals surface area contributed by atoms with Crippen molar-refractivity contribution >= 4 is 0 Å². The first-order valence-corrected chi connectivity index (χ1v) is 4.09. The Morgan fingerprint density at radius 1 is 1.30 bits per heavy atom. The molecule has 0 saturated heterocycles. The second-order valence-corrected chi connectivity index (χ2v) is 4.13. The lowest BCUT2D eigenvalue weighted by Gasteiger charge is -2.27. The highest BCUT2D eigenvalue weighted by Crippen LogP contribution is 2.30. The van der Waals surface area contributed by atoms with E-state index in [1.807, 2.05) is 0 Å². The van der Waals surface area contributed by atoms with Gasteiger partial charge in [-0.2, -0.15) is 0 Å². The van der Waals surface area contributed by atoms with E-state index in [4.69, 9.17) is 0 Å². The van der Waals surface area contributed by atoms with Crippen molar-refractivity contribution in [3.05, 3.63) is 0 Å². The van der Waals surface area contributed by atoms with Crippen LogP contribution in [0.3, 0.4) is 0 Å². The minimum atomic E-state index is 0.396. The van der Waals surface area contributed by atoms with E-state index in [1.54, 1.807) is 0 Å². The molecule has 1 aliphatic carbocycles. The molecule has 0 heterocycles. The Balaban J connectivity index is 2.61. The van der Waals surface area contributed by atoms with E-state index < -0.39 is 0 Å². The molecule has 0 radical (unpaired) electrons. The highest BCUT2D eigenvalue weighted by atomic mass is 14.3. The first-order valence-electron chi connectivity index (χ1n) is 4.09. The SMILES string of the molecule is CC(C)(C)C1C#CCCC1. The van der Waals surface area contributed by atoms with E-state index in [0.717, 1.165) is 6.42 Å². The predicted molar refractivity (Wildman–Crippen MR) is 44.6 cm³/mol. The predicted octanol–water partition coefficient (Wildman–Crippen LogP) is 2.84. The molecule has 0 heteroatoms. The van der Waals surface area contributed by atoms with Crippen molar-refractivity contribution in [3.63, 3.8) is 0 Å². The molecular weight excluding hydrogens is 120 g/mol. The van der Waals surface area contributed by atoms with Gasteiger partial charge in [0.25, 0.3) is 0 Å². The van der Waals surface area contributed by atoms with Gasteiger partial charge in [-0.25, -0.2) is 0 Å². The van der Waals surface area contributed by atoms with Crippen LogP contribution in [0.1, 0.15) is 40.0 Å². The lowest BCUT2D eigenvalue weighted by molar-refractivity contribution is 0.280. The maximum atomic E-state index is 3.31. The first-order chi connectivity index (χ1) is 4.61. The van der Waals surface area contributed by atoms with Crippen molar-refractivity contribution < 1.29 is 0 Å². The minimum Gasteiger partial charge on any atom is -0.103 e. The molecule has 1 atom stereocenters. The zero-order chi connectivity index (χ0) is 7.61. The van der Waals surface area contributed by atoms with Gasteiger partial charge in [0.05, 0.1) is 0 Å². The lowest BCUT2D eigenvalue weighted by Crippen LogP contribution is -2.20. The van der Waals surface area contributed by atoms with Crippen LogP contribution in [0.4, 0.5) is 0 Å². The largest absolute Gasteiger partial charge is 0.103 e. The van der Waals surface area contributed by atoms with Crippen LogP contribution in [-0.2, 0) is 0 Å². The summed E-state index contributed by atoms with van der Waals surface area (Å²) in [4.78, 5) is 0. The molecule has 0 nitrogen and oxygen atoms in total. The Bertz CT molecular complexity index is 161. The summed E-state index contributed by atoms with van der Waals surface area (Å²) in [5, 5.41) is 0. The quantitative estimate of drug-likeness (QED) is 0.449. The molecule has 0 bridgehead atoms. The van der Waals surface area contributed by atoms with Gasteiger partial charge in [-0.1, -0.05) is 26.7 Å². The van der Waals surface area contributed by atoms with Crippen molar-refractivity contribution in [2.24, 2.45) is 11.3 Å². The lowest BCUT2D eigenvalue weighted by atomic mass is 9.77. The van der Waals surface area contributed by atoms with Crippen molar-refractivity contribution in [2.75, 3.05) is 0 Å². The fourth-order valence-electron chi connectivity index (χ4n) is 1.31. The zero-order valence-electron chi connectivity index (χ0n) is 7.20. The standard InChI is InChI=1S/C10H16/c1-10(2,3)9-7-5-4-6-8-9/h9H,4-5,7H2,1-3H3. The Morgan fingerprint density at radius 3 is 2.30 bits per heavy atom. The molecule has 0 fully saturated rings. The van der Waals surface area contributed by atoms with Crippen molar-refractivity contribution in [2.45, 2.75) is 40.0 Å². The molecule has 0 amide bonds. The summed E-state index contributed by atoms with van der Waals surface area (Å²) in [6.07, 6.45) is 3.72. The van der Waals surface area contributed by atoms with Crippen LogP contribution in [0.25, 0.3) is 0 Å². The molecule has 0 aliphatic heterocycles. The summed E-state index contributed by atoms with van der Waals surface area (Å²) in [7, 11) is 0. The molecule has 0 spiro atoms. The molecule has 10 heavy (non-hydrogen) atoms. The third-order valence-electron chi connectivity index (χ3n) is 2.12. The Labute approximate surface area is 64.0 Å². The van der Waals surface area contributed by atoms with E-state index in [9.17, 15) is 0 Å². The van der Waals surface area contributed by atoms with Crippen LogP contribution in [0.2, 0.25) is 0 Å². The van der Waals surface area contributed by atoms with E-state index in [2.05, 4.69) is 32.6 Å². The first kappa shape index (κ1) is 7.66. The van der Waals surface area contributed by atoms with E-state index in [0.29, 0.717) is 11.3 Å². The second-order valence-electron chi connectivity index (χ2n) is 4.13. The number of hydrogen-bond acceptors (Lipinski definition) is 0. The van der Waals surface area contributed by atoms with Gasteiger partial charge in [0, 0.05) is 12.3 Å². The third-order valence-corrected chi connectivity index (χ3v) is 2.12. The molecule has 56 valence electrons. The van der Waals surface area contributed by atoms with Gasteiger partial charge in [0.2, 0.25) is 0 Å². The van der Waals surface area contributed by atoms with Crippen molar-refractivity contribution in [1.29, 1.82) is 0 Å². The highest BCUT2D eigenvalue weighted by molar-refractivity contribution is 5.10. The van der Waals surface area contributed by atoms with Crippen LogP contribution >= 0.6 is 0 Å². The van der Waals surface area contributed by atoms with Gasteiger partial charge in [0.1, 0.15) is 0 Å². The Kier molecular flexibility index (Phi) is 2.04. The van der Waals surface area contributed by atoms with E-state index >= 15 is 0 Å². The molecular formula is C10H16. The van der Waals surface area contributed by atoms with Gasteiger partial charge in [-0.05, 0) is 18.3 Å². The molecule has 1 rings (SSSR count). The van der Waals surface area contributed by atoms with Gasteiger partial charge in [-0.3, -0.25) is 0 Å². The summed E-state index contributed by atoms with van der Waals surface area (Å²) in [5.74, 6) is 7.14. The normalized spacial score (nSPS) is 25.3. The maximum Gasteiger partial charge on any atom is 0.0251 e. The third kappa shape index (κ3) is 1.77. The van der Waals surface area contributed by atoms with Crippen molar-refractivity contribution in [3.8, 4) is 11.8 Å². The topological polar surface area (TPSA) is 0 Å². The molecule has 1 aliphatic rings. The summed E-state index contributed by atoms with van der Waals surface area (Å²) < 4.78 is 0. The monoisotopic (exact) mass is 136 g/mol. The molecule has 0 N–H and O–H groups in total. The molecule has 0 aromatic heterocycles. The highest BCUT2D eigenvalue weighted by Gasteiger charge is 2.22. The van der Waals surface area contributed by atoms with Crippen LogP contribution in [0.15, 0.2) is 0 Å².